The minimum atomic E-state index is -4.34. The summed E-state index contributed by atoms with van der Waals surface area (Å²) in [4.78, 5) is 52.4. The molecular weight excluding hydrogens is 906 g/mol. The summed E-state index contributed by atoms with van der Waals surface area (Å²) in [6.07, 6.45) is 7.75. The summed E-state index contributed by atoms with van der Waals surface area (Å²) in [5.41, 5.74) is 15.4. The molecule has 6 N–H and O–H groups in total. The fourth-order valence-electron chi connectivity index (χ4n) is 11.8. The number of amides is 1. The summed E-state index contributed by atoms with van der Waals surface area (Å²) in [5, 5.41) is 32.8. The number of carboxylic acids is 1. The molecule has 19 nitrogen and oxygen atoms in total. The summed E-state index contributed by atoms with van der Waals surface area (Å²) < 4.78 is 39.5. The Morgan fingerprint density at radius 3 is 2.55 bits per heavy atom. The molecule has 5 aromatic rings. The van der Waals surface area contributed by atoms with E-state index < -0.39 is 38.3 Å². The Hall–Kier alpha value is -5.95. The minimum absolute atomic E-state index is 0.0358. The quantitative estimate of drug-likeness (QED) is 0.0671. The molecule has 0 radical (unpaired) electrons. The lowest BCUT2D eigenvalue weighted by molar-refractivity contribution is -0.255. The maximum atomic E-state index is 14.0. The summed E-state index contributed by atoms with van der Waals surface area (Å²) in [7, 11) is -4.34. The van der Waals surface area contributed by atoms with Crippen LogP contribution in [0.1, 0.15) is 112 Å². The number of phosphoric ester groups is 1. The number of aromatic nitrogens is 4. The van der Waals surface area contributed by atoms with E-state index in [4.69, 9.17) is 24.3 Å². The minimum Gasteiger partial charge on any atom is -0.545 e. The molecular formula is C49H54N9O10P. The van der Waals surface area contributed by atoms with Crippen molar-refractivity contribution in [1.82, 2.24) is 29.4 Å². The smallest absolute Gasteiger partial charge is 0.472 e. The first kappa shape index (κ1) is 44.3. The van der Waals surface area contributed by atoms with Crippen molar-refractivity contribution in [3.8, 4) is 11.5 Å². The average molecular weight is 960 g/mol. The Labute approximate surface area is 396 Å². The molecule has 360 valence electrons. The van der Waals surface area contributed by atoms with E-state index in [1.165, 1.54) is 45.7 Å². The predicted molar refractivity (Wildman–Crippen MR) is 251 cm³/mol. The zero-order chi connectivity index (χ0) is 47.1. The third kappa shape index (κ3) is 7.65. The highest BCUT2D eigenvalue weighted by atomic mass is 31.2. The number of aliphatic hydroxyl groups is 1. The van der Waals surface area contributed by atoms with Crippen molar-refractivity contribution in [2.45, 2.75) is 102 Å². The molecule has 12 rings (SSSR count). The molecule has 3 aromatic carbocycles. The summed E-state index contributed by atoms with van der Waals surface area (Å²) >= 11 is 0. The van der Waals surface area contributed by atoms with E-state index in [9.17, 15) is 29.3 Å². The van der Waals surface area contributed by atoms with Gasteiger partial charge in [0.05, 0.1) is 18.1 Å². The number of carboxylic acid groups (broad SMARTS) is 1. The van der Waals surface area contributed by atoms with Gasteiger partial charge in [0.1, 0.15) is 49.2 Å². The Balaban J connectivity index is 0.768. The van der Waals surface area contributed by atoms with Crippen molar-refractivity contribution < 1.29 is 47.8 Å². The zero-order valence-electron chi connectivity index (χ0n) is 38.1. The first-order valence-electron chi connectivity index (χ1n) is 24.3. The molecule has 69 heavy (non-hydrogen) atoms. The second kappa shape index (κ2) is 17.5. The van der Waals surface area contributed by atoms with Crippen LogP contribution in [0.25, 0.3) is 16.7 Å². The molecule has 0 aliphatic carbocycles. The number of unbranched alkanes of at least 4 members (excludes halogenated alkanes) is 3. The van der Waals surface area contributed by atoms with E-state index in [0.29, 0.717) is 47.7 Å². The molecule has 9 heterocycles. The molecule has 2 saturated heterocycles. The van der Waals surface area contributed by atoms with Crippen molar-refractivity contribution in [2.24, 2.45) is 0 Å². The Kier molecular flexibility index (Phi) is 11.2. The van der Waals surface area contributed by atoms with Crippen molar-refractivity contribution in [1.29, 1.82) is 0 Å². The molecule has 5 atom stereocenters. The number of imidazole rings is 1. The van der Waals surface area contributed by atoms with Gasteiger partial charge in [0.25, 0.3) is 5.91 Å². The number of carbonyl (C=O) groups excluding carboxylic acids is 2. The number of hydrogen-bond donors (Lipinski definition) is 5. The Bertz CT molecular complexity index is 3150. The van der Waals surface area contributed by atoms with E-state index in [1.54, 1.807) is 16.7 Å². The highest BCUT2D eigenvalue weighted by molar-refractivity contribution is 7.47. The van der Waals surface area contributed by atoms with Gasteiger partial charge in [-0.2, -0.15) is 0 Å². The lowest BCUT2D eigenvalue weighted by atomic mass is 9.81. The number of hydrogen-bond acceptors (Lipinski definition) is 15. The molecule has 20 heteroatoms. The second-order valence-corrected chi connectivity index (χ2v) is 20.5. The molecule has 0 spiro atoms. The number of benzene rings is 3. The number of aliphatic hydroxyl groups excluding tert-OH is 1. The molecule has 1 amide bonds. The number of anilines is 3. The number of rotatable bonds is 12. The van der Waals surface area contributed by atoms with Crippen LogP contribution in [0.15, 0.2) is 36.7 Å². The number of nitrogens with zero attached hydrogens (tertiary/aromatic N) is 6. The number of aryl methyl sites for hydroxylation is 2. The van der Waals surface area contributed by atoms with Crippen molar-refractivity contribution in [3.63, 3.8) is 0 Å². The van der Waals surface area contributed by atoms with Gasteiger partial charge >= 0.3 is 7.82 Å². The Morgan fingerprint density at radius 1 is 0.928 bits per heavy atom. The van der Waals surface area contributed by atoms with Gasteiger partial charge in [0.15, 0.2) is 23.2 Å². The van der Waals surface area contributed by atoms with Crippen molar-refractivity contribution in [2.75, 3.05) is 61.8 Å². The summed E-state index contributed by atoms with van der Waals surface area (Å²) in [6.45, 7) is 4.71. The van der Waals surface area contributed by atoms with E-state index in [0.717, 1.165) is 125 Å². The maximum Gasteiger partial charge on any atom is 0.472 e. The fraction of sp³-hybridized carbons (Fsp3) is 0.469. The fourth-order valence-corrected chi connectivity index (χ4v) is 12.8. The zero-order valence-corrected chi connectivity index (χ0v) is 39.0. The van der Waals surface area contributed by atoms with Crippen LogP contribution in [0.2, 0.25) is 0 Å². The molecule has 2 fully saturated rings. The first-order valence-corrected chi connectivity index (χ1v) is 25.8. The molecule has 7 aliphatic heterocycles. The third-order valence-electron chi connectivity index (χ3n) is 14.9. The number of aromatic carboxylic acids is 1. The van der Waals surface area contributed by atoms with Gasteiger partial charge in [-0.15, -0.1) is 0 Å². The monoisotopic (exact) mass is 959 g/mol. The van der Waals surface area contributed by atoms with Gasteiger partial charge in [0, 0.05) is 83.3 Å². The molecule has 1 unspecified atom stereocenters. The summed E-state index contributed by atoms with van der Waals surface area (Å²) in [5.74, 6) is 0.481. The number of phosphoric acid groups is 1. The van der Waals surface area contributed by atoms with Gasteiger partial charge in [-0.1, -0.05) is 18.9 Å². The SMILES string of the molecule is Nc1ncnc2c1nc(NCCCCCCNC(=O)c1ccc(C(=O)[O-])c(C3=c4cc5c6c(c4Oc4c3cc3c7c4CCCN7CCC3)CCC[N+]=6CCC5)c1)n2[C@@H]1O[C@@H]2COP(=O)(O)O[C@H]2[C@H]1O. The van der Waals surface area contributed by atoms with E-state index in [-0.39, 0.29) is 23.9 Å². The van der Waals surface area contributed by atoms with Crippen LogP contribution in [0, 0.1) is 0 Å². The van der Waals surface area contributed by atoms with Gasteiger partial charge < -0.3 is 50.6 Å². The Morgan fingerprint density at radius 2 is 1.71 bits per heavy atom. The standard InChI is InChI=1S/C49H54N9O10P/c50-44-37-45(54-25-53-44)58(47-40(59)43-35(66-47)24-65-69(63,64)68-43)49(55-37)52-16-4-2-1-3-15-51-46(60)28-13-14-29(48(61)62)32(23-28)36-33-21-26-9-5-17-56-19-7-11-30(38(26)56)41(33)67-42-31-12-8-20-57-18-6-10-27(39(31)57)22-34(36)42/h13-14,21-23,25,35,40,43,47,59H,1-12,15-20,24H2,(H5-,50,51,52,53,54,55,60,61,62,63,64)/t35-,40-,43-,47-/m1/s1. The maximum absolute atomic E-state index is 14.0. The second-order valence-electron chi connectivity index (χ2n) is 19.1. The molecule has 0 bridgehead atoms. The molecule has 2 aromatic heterocycles. The first-order chi connectivity index (χ1) is 33.5. The topological polar surface area (TPSA) is 252 Å². The number of nitrogens with one attached hydrogen (secondary N) is 2. The number of nitrogen functional groups attached to an aromatic ring is 1. The van der Waals surface area contributed by atoms with Crippen LogP contribution in [0.3, 0.4) is 0 Å². The van der Waals surface area contributed by atoms with Crippen LogP contribution in [-0.4, -0.2) is 106 Å². The average Bonchev–Trinajstić information content (AvgIpc) is 3.87. The van der Waals surface area contributed by atoms with Gasteiger partial charge in [-0.25, -0.2) is 24.1 Å². The van der Waals surface area contributed by atoms with Crippen LogP contribution < -0.4 is 46.3 Å². The van der Waals surface area contributed by atoms with Gasteiger partial charge in [0.2, 0.25) is 11.3 Å². The van der Waals surface area contributed by atoms with E-state index in [2.05, 4.69) is 47.2 Å². The van der Waals surface area contributed by atoms with Crippen molar-refractivity contribution in [3.05, 3.63) is 91.7 Å². The summed E-state index contributed by atoms with van der Waals surface area (Å²) in [6, 6.07) is 9.28. The lowest BCUT2D eigenvalue weighted by Crippen LogP contribution is -2.45. The number of carbonyl (C=O) groups is 2. The van der Waals surface area contributed by atoms with Crippen LogP contribution >= 0.6 is 7.82 Å². The third-order valence-corrected chi connectivity index (χ3v) is 15.8. The van der Waals surface area contributed by atoms with Crippen molar-refractivity contribution >= 4 is 53.9 Å². The van der Waals surface area contributed by atoms with Crippen LogP contribution in [0.4, 0.5) is 17.5 Å². The van der Waals surface area contributed by atoms with Crippen LogP contribution in [0.5, 0.6) is 11.5 Å². The molecule has 7 aliphatic rings. The van der Waals surface area contributed by atoms with Gasteiger partial charge in [-0.3, -0.25) is 18.4 Å². The lowest BCUT2D eigenvalue weighted by Gasteiger charge is -2.39. The highest BCUT2D eigenvalue weighted by Gasteiger charge is 2.53. The normalized spacial score (nSPS) is 24.2. The highest BCUT2D eigenvalue weighted by Crippen LogP contribution is 2.53. The number of nitrogens with two attached hydrogens (primary N) is 1. The largest absolute Gasteiger partial charge is 0.545 e. The van der Waals surface area contributed by atoms with Gasteiger partial charge in [-0.05, 0) is 86.8 Å². The van der Waals surface area contributed by atoms with E-state index >= 15 is 0 Å². The predicted octanol–water partition coefficient (Wildman–Crippen LogP) is 2.38. The van der Waals surface area contributed by atoms with Crippen LogP contribution in [-0.2, 0) is 44.0 Å². The van der Waals surface area contributed by atoms with E-state index in [1.807, 2.05) is 0 Å². The molecule has 0 saturated carbocycles. The number of ether oxygens (including phenoxy) is 2. The number of fused-ring (bicyclic) bond motifs is 6.